The minimum atomic E-state index is -4.25. The van der Waals surface area contributed by atoms with Crippen LogP contribution in [0.4, 0.5) is 11.4 Å². The molecular formula is C20H20BrN3O5S. The Morgan fingerprint density at radius 3 is 2.43 bits per heavy atom. The maximum absolute atomic E-state index is 13.2. The van der Waals surface area contributed by atoms with Gasteiger partial charge in [0, 0.05) is 10.2 Å². The lowest BCUT2D eigenvalue weighted by atomic mass is 10.2. The van der Waals surface area contributed by atoms with E-state index in [-0.39, 0.29) is 28.7 Å². The summed E-state index contributed by atoms with van der Waals surface area (Å²) in [4.78, 5) is 12.5. The predicted octanol–water partition coefficient (Wildman–Crippen LogP) is 3.92. The summed E-state index contributed by atoms with van der Waals surface area (Å²) >= 11 is 3.26. The van der Waals surface area contributed by atoms with Crippen molar-refractivity contribution in [1.82, 2.24) is 0 Å². The molecule has 10 heteroatoms. The van der Waals surface area contributed by atoms with Gasteiger partial charge in [0.1, 0.15) is 16.2 Å². The third kappa shape index (κ3) is 4.49. The second kappa shape index (κ2) is 8.88. The van der Waals surface area contributed by atoms with Gasteiger partial charge in [0.25, 0.3) is 10.0 Å². The molecule has 8 nitrogen and oxygen atoms in total. The van der Waals surface area contributed by atoms with Crippen molar-refractivity contribution in [2.75, 3.05) is 24.4 Å². The first-order chi connectivity index (χ1) is 14.3. The third-order valence-electron chi connectivity index (χ3n) is 4.21. The molecule has 0 aromatic heterocycles. The zero-order valence-corrected chi connectivity index (χ0v) is 18.9. The van der Waals surface area contributed by atoms with Crippen molar-refractivity contribution in [3.05, 3.63) is 58.2 Å². The van der Waals surface area contributed by atoms with E-state index in [4.69, 9.17) is 9.47 Å². The second-order valence-corrected chi connectivity index (χ2v) is 8.71. The molecular weight excluding hydrogens is 474 g/mol. The highest BCUT2D eigenvalue weighted by molar-refractivity contribution is 9.10. The Bertz CT molecular complexity index is 1160. The fourth-order valence-electron chi connectivity index (χ4n) is 2.88. The molecule has 2 N–H and O–H groups in total. The SMILES string of the molecule is CCOC(=O)C1=C(C)Nc2ccccc2N/C1=N/S(=O)(=O)c1cc(Br)ccc1OC. The van der Waals surface area contributed by atoms with Crippen molar-refractivity contribution in [1.29, 1.82) is 0 Å². The number of allylic oxidation sites excluding steroid dienone is 1. The molecule has 3 rings (SSSR count). The molecule has 0 saturated heterocycles. The molecule has 158 valence electrons. The summed E-state index contributed by atoms with van der Waals surface area (Å²) in [6.07, 6.45) is 0. The van der Waals surface area contributed by atoms with E-state index in [1.165, 1.54) is 19.2 Å². The van der Waals surface area contributed by atoms with Crippen molar-refractivity contribution >= 4 is 49.1 Å². The Balaban J connectivity index is 2.21. The van der Waals surface area contributed by atoms with Gasteiger partial charge in [0.15, 0.2) is 5.84 Å². The first-order valence-electron chi connectivity index (χ1n) is 8.96. The van der Waals surface area contributed by atoms with Crippen LogP contribution in [-0.2, 0) is 19.6 Å². The van der Waals surface area contributed by atoms with Crippen LogP contribution in [0.2, 0.25) is 0 Å². The maximum atomic E-state index is 13.2. The summed E-state index contributed by atoms with van der Waals surface area (Å²) in [7, 11) is -2.88. The van der Waals surface area contributed by atoms with Crippen molar-refractivity contribution in [2.24, 2.45) is 4.40 Å². The molecule has 0 saturated carbocycles. The van der Waals surface area contributed by atoms with E-state index in [1.807, 2.05) is 6.07 Å². The molecule has 0 unspecified atom stereocenters. The number of hydrogen-bond donors (Lipinski definition) is 2. The monoisotopic (exact) mass is 493 g/mol. The Hall–Kier alpha value is -2.85. The number of sulfonamides is 1. The Labute approximate surface area is 183 Å². The highest BCUT2D eigenvalue weighted by atomic mass is 79.9. The molecule has 0 amide bonds. The largest absolute Gasteiger partial charge is 0.495 e. The summed E-state index contributed by atoms with van der Waals surface area (Å²) in [5, 5.41) is 6.06. The molecule has 1 heterocycles. The number of fused-ring (bicyclic) bond motifs is 1. The molecule has 0 spiro atoms. The third-order valence-corrected chi connectivity index (χ3v) is 6.00. The fourth-order valence-corrected chi connectivity index (χ4v) is 4.55. The molecule has 0 aliphatic carbocycles. The van der Waals surface area contributed by atoms with Crippen LogP contribution in [0, 0.1) is 0 Å². The Morgan fingerprint density at radius 1 is 1.13 bits per heavy atom. The van der Waals surface area contributed by atoms with Crippen molar-refractivity contribution in [3.63, 3.8) is 0 Å². The second-order valence-electron chi connectivity index (χ2n) is 6.23. The molecule has 0 bridgehead atoms. The molecule has 1 aliphatic rings. The maximum Gasteiger partial charge on any atom is 0.343 e. The van der Waals surface area contributed by atoms with Gasteiger partial charge < -0.3 is 20.1 Å². The summed E-state index contributed by atoms with van der Waals surface area (Å²) in [5.41, 5.74) is 1.62. The van der Waals surface area contributed by atoms with Gasteiger partial charge in [0.05, 0.1) is 25.1 Å². The van der Waals surface area contributed by atoms with Gasteiger partial charge in [-0.3, -0.25) is 0 Å². The number of halogens is 1. The van der Waals surface area contributed by atoms with Crippen molar-refractivity contribution in [3.8, 4) is 5.75 Å². The molecule has 0 atom stereocenters. The van der Waals surface area contributed by atoms with Crippen LogP contribution < -0.4 is 15.4 Å². The number of para-hydroxylation sites is 2. The first-order valence-corrected chi connectivity index (χ1v) is 11.2. The van der Waals surface area contributed by atoms with Crippen LogP contribution in [0.5, 0.6) is 5.75 Å². The number of ether oxygens (including phenoxy) is 2. The average molecular weight is 494 g/mol. The number of rotatable bonds is 5. The summed E-state index contributed by atoms with van der Waals surface area (Å²) < 4.78 is 41.2. The number of carbonyl (C=O) groups is 1. The fraction of sp³-hybridized carbons (Fsp3) is 0.200. The molecule has 2 aromatic carbocycles. The highest BCUT2D eigenvalue weighted by Gasteiger charge is 2.29. The summed E-state index contributed by atoms with van der Waals surface area (Å²) in [6, 6.07) is 11.7. The number of esters is 1. The van der Waals surface area contributed by atoms with E-state index >= 15 is 0 Å². The molecule has 0 fully saturated rings. The lowest BCUT2D eigenvalue weighted by Crippen LogP contribution is -2.25. The van der Waals surface area contributed by atoms with Crippen LogP contribution >= 0.6 is 15.9 Å². The Morgan fingerprint density at radius 2 is 1.80 bits per heavy atom. The van der Waals surface area contributed by atoms with Crippen LogP contribution in [0.25, 0.3) is 0 Å². The first kappa shape index (κ1) is 21.8. The summed E-state index contributed by atoms with van der Waals surface area (Å²) in [5.74, 6) is -0.712. The minimum Gasteiger partial charge on any atom is -0.495 e. The van der Waals surface area contributed by atoms with Gasteiger partial charge in [-0.05, 0) is 44.2 Å². The van der Waals surface area contributed by atoms with E-state index < -0.39 is 16.0 Å². The van der Waals surface area contributed by atoms with Crippen LogP contribution in [0.3, 0.4) is 0 Å². The zero-order chi connectivity index (χ0) is 21.9. The van der Waals surface area contributed by atoms with Crippen LogP contribution in [0.1, 0.15) is 13.8 Å². The topological polar surface area (TPSA) is 106 Å². The van der Waals surface area contributed by atoms with Gasteiger partial charge in [0.2, 0.25) is 0 Å². The average Bonchev–Trinajstić information content (AvgIpc) is 2.82. The van der Waals surface area contributed by atoms with Crippen molar-refractivity contribution < 1.29 is 22.7 Å². The number of hydrogen-bond acceptors (Lipinski definition) is 6. The Kier molecular flexibility index (Phi) is 6.47. The minimum absolute atomic E-state index is 0.00871. The van der Waals surface area contributed by atoms with E-state index in [0.29, 0.717) is 21.5 Å². The normalized spacial score (nSPS) is 15.0. The number of amidine groups is 1. The standard InChI is InChI=1S/C20H20BrN3O5S/c1-4-29-20(25)18-12(2)22-14-7-5-6-8-15(14)23-19(18)24-30(26,27)17-11-13(21)9-10-16(17)28-3/h5-11,22H,4H2,1-3H3,(H,23,24). The van der Waals surface area contributed by atoms with Crippen LogP contribution in [0.15, 0.2) is 67.5 Å². The zero-order valence-electron chi connectivity index (χ0n) is 16.5. The van der Waals surface area contributed by atoms with E-state index in [2.05, 4.69) is 31.0 Å². The van der Waals surface area contributed by atoms with Gasteiger partial charge in [-0.15, -0.1) is 4.40 Å². The molecule has 1 aliphatic heterocycles. The number of nitrogens with one attached hydrogen (secondary N) is 2. The van der Waals surface area contributed by atoms with Gasteiger partial charge in [-0.2, -0.15) is 8.42 Å². The number of nitrogens with zero attached hydrogens (tertiary/aromatic N) is 1. The van der Waals surface area contributed by atoms with E-state index in [0.717, 1.165) is 0 Å². The van der Waals surface area contributed by atoms with Gasteiger partial charge in [-0.1, -0.05) is 28.1 Å². The molecule has 30 heavy (non-hydrogen) atoms. The quantitative estimate of drug-likeness (QED) is 0.607. The predicted molar refractivity (Wildman–Crippen MR) is 118 cm³/mol. The number of methoxy groups -OCH3 is 1. The number of anilines is 2. The summed E-state index contributed by atoms with van der Waals surface area (Å²) in [6.45, 7) is 3.44. The number of benzene rings is 2. The van der Waals surface area contributed by atoms with Crippen molar-refractivity contribution in [2.45, 2.75) is 18.7 Å². The van der Waals surface area contributed by atoms with E-state index in [9.17, 15) is 13.2 Å². The number of carbonyl (C=O) groups excluding carboxylic acids is 1. The molecule has 0 radical (unpaired) electrons. The van der Waals surface area contributed by atoms with Gasteiger partial charge in [-0.25, -0.2) is 4.79 Å². The van der Waals surface area contributed by atoms with E-state index in [1.54, 1.807) is 38.1 Å². The smallest absolute Gasteiger partial charge is 0.343 e. The lowest BCUT2D eigenvalue weighted by Gasteiger charge is -2.13. The van der Waals surface area contributed by atoms with Crippen LogP contribution in [-0.4, -0.2) is 33.9 Å². The lowest BCUT2D eigenvalue weighted by molar-refractivity contribution is -0.137. The molecule has 2 aromatic rings. The van der Waals surface area contributed by atoms with Gasteiger partial charge >= 0.3 is 5.97 Å². The highest BCUT2D eigenvalue weighted by Crippen LogP contribution is 2.31.